The van der Waals surface area contributed by atoms with E-state index in [1.165, 1.54) is 0 Å². The molecule has 0 saturated heterocycles. The summed E-state index contributed by atoms with van der Waals surface area (Å²) in [5.74, 6) is 1.60. The number of rotatable bonds is 5. The van der Waals surface area contributed by atoms with E-state index in [-0.39, 0.29) is 12.4 Å². The van der Waals surface area contributed by atoms with Crippen LogP contribution in [0.5, 0.6) is 5.75 Å². The highest BCUT2D eigenvalue weighted by molar-refractivity contribution is 5.85. The summed E-state index contributed by atoms with van der Waals surface area (Å²) >= 11 is 0. The zero-order valence-electron chi connectivity index (χ0n) is 11.3. The molecular weight excluding hydrogens is 262 g/mol. The minimum absolute atomic E-state index is 0. The van der Waals surface area contributed by atoms with Crippen LogP contribution in [-0.2, 0) is 0 Å². The fourth-order valence-corrected chi connectivity index (χ4v) is 2.57. The lowest BCUT2D eigenvalue weighted by Crippen LogP contribution is -2.41. The van der Waals surface area contributed by atoms with E-state index in [4.69, 9.17) is 10.5 Å². The first-order valence-corrected chi connectivity index (χ1v) is 6.82. The van der Waals surface area contributed by atoms with Crippen molar-refractivity contribution in [3.05, 3.63) is 30.3 Å². The Morgan fingerprint density at radius 3 is 2.42 bits per heavy atom. The molecule has 1 aliphatic rings. The molecule has 0 atom stereocenters. The van der Waals surface area contributed by atoms with E-state index in [0.29, 0.717) is 12.5 Å². The first kappa shape index (κ1) is 16.3. The Hall–Kier alpha value is -0.770. The molecule has 108 valence electrons. The lowest BCUT2D eigenvalue weighted by atomic mass is 9.78. The first-order valence-electron chi connectivity index (χ1n) is 6.82. The van der Waals surface area contributed by atoms with Gasteiger partial charge in [-0.25, -0.2) is 0 Å². The molecule has 1 aromatic carbocycles. The van der Waals surface area contributed by atoms with E-state index < -0.39 is 5.60 Å². The quantitative estimate of drug-likeness (QED) is 0.875. The number of aliphatic hydroxyl groups is 1. The van der Waals surface area contributed by atoms with Gasteiger partial charge in [0.1, 0.15) is 5.75 Å². The summed E-state index contributed by atoms with van der Waals surface area (Å²) in [5.41, 5.74) is 4.98. The average Bonchev–Trinajstić information content (AvgIpc) is 2.42. The summed E-state index contributed by atoms with van der Waals surface area (Å²) in [6.45, 7) is 1.15. The normalized spacial score (nSPS) is 26.5. The number of benzene rings is 1. The van der Waals surface area contributed by atoms with Crippen LogP contribution in [0.15, 0.2) is 30.3 Å². The molecule has 3 N–H and O–H groups in total. The van der Waals surface area contributed by atoms with Crippen LogP contribution in [0.4, 0.5) is 0 Å². The smallest absolute Gasteiger partial charge is 0.119 e. The summed E-state index contributed by atoms with van der Waals surface area (Å²) in [5, 5.41) is 10.0. The maximum atomic E-state index is 10.0. The van der Waals surface area contributed by atoms with E-state index in [1.54, 1.807) is 0 Å². The van der Waals surface area contributed by atoms with E-state index in [9.17, 15) is 5.11 Å². The molecule has 0 aromatic heterocycles. The molecule has 1 aromatic rings. The molecule has 1 fully saturated rings. The molecule has 3 nitrogen and oxygen atoms in total. The average molecular weight is 286 g/mol. The minimum Gasteiger partial charge on any atom is -0.494 e. The molecule has 0 bridgehead atoms. The Morgan fingerprint density at radius 2 is 1.84 bits per heavy atom. The second-order valence-electron chi connectivity index (χ2n) is 5.32. The fraction of sp³-hybridized carbons (Fsp3) is 0.600. The molecule has 2 rings (SSSR count). The van der Waals surface area contributed by atoms with Gasteiger partial charge < -0.3 is 15.6 Å². The summed E-state index contributed by atoms with van der Waals surface area (Å²) < 4.78 is 5.70. The number of halogens is 1. The van der Waals surface area contributed by atoms with Crippen molar-refractivity contribution < 1.29 is 9.84 Å². The number of hydrogen-bond acceptors (Lipinski definition) is 3. The molecule has 0 aliphatic heterocycles. The lowest BCUT2D eigenvalue weighted by molar-refractivity contribution is -0.00349. The highest BCUT2D eigenvalue weighted by Crippen LogP contribution is 2.33. The molecule has 0 unspecified atom stereocenters. The van der Waals surface area contributed by atoms with Crippen LogP contribution in [-0.4, -0.2) is 23.9 Å². The van der Waals surface area contributed by atoms with Gasteiger partial charge in [-0.15, -0.1) is 12.4 Å². The predicted octanol–water partition coefficient (Wildman–Crippen LogP) is 2.76. The predicted molar refractivity (Wildman–Crippen MR) is 79.8 cm³/mol. The molecule has 0 spiro atoms. The van der Waals surface area contributed by atoms with Gasteiger partial charge in [0.15, 0.2) is 0 Å². The van der Waals surface area contributed by atoms with Crippen molar-refractivity contribution >= 4 is 12.4 Å². The van der Waals surface area contributed by atoms with Gasteiger partial charge in [0.05, 0.1) is 12.2 Å². The number of nitrogens with two attached hydrogens (primary N) is 1. The summed E-state index contributed by atoms with van der Waals surface area (Å²) in [7, 11) is 0. The van der Waals surface area contributed by atoms with Crippen molar-refractivity contribution in [1.29, 1.82) is 0 Å². The number of para-hydroxylation sites is 1. The van der Waals surface area contributed by atoms with Crippen LogP contribution < -0.4 is 10.5 Å². The molecule has 19 heavy (non-hydrogen) atoms. The summed E-state index contributed by atoms with van der Waals surface area (Å²) in [6, 6.07) is 9.92. The van der Waals surface area contributed by atoms with Gasteiger partial charge in [-0.1, -0.05) is 18.2 Å². The molecule has 0 heterocycles. The van der Waals surface area contributed by atoms with Gasteiger partial charge in [-0.3, -0.25) is 0 Å². The van der Waals surface area contributed by atoms with E-state index in [2.05, 4.69) is 0 Å². The number of hydrogen-bond donors (Lipinski definition) is 2. The third kappa shape index (κ3) is 5.01. The van der Waals surface area contributed by atoms with Crippen molar-refractivity contribution in [3.8, 4) is 5.75 Å². The van der Waals surface area contributed by atoms with Gasteiger partial charge >= 0.3 is 0 Å². The van der Waals surface area contributed by atoms with Gasteiger partial charge in [-0.2, -0.15) is 0 Å². The highest BCUT2D eigenvalue weighted by atomic mass is 35.5. The van der Waals surface area contributed by atoms with Crippen LogP contribution in [0.3, 0.4) is 0 Å². The second-order valence-corrected chi connectivity index (χ2v) is 5.32. The molecule has 4 heteroatoms. The highest BCUT2D eigenvalue weighted by Gasteiger charge is 2.31. The van der Waals surface area contributed by atoms with E-state index >= 15 is 0 Å². The summed E-state index contributed by atoms with van der Waals surface area (Å²) in [4.78, 5) is 0. The van der Waals surface area contributed by atoms with Crippen molar-refractivity contribution in [2.75, 3.05) is 13.2 Å². The van der Waals surface area contributed by atoms with Crippen molar-refractivity contribution in [2.24, 2.45) is 11.7 Å². The maximum Gasteiger partial charge on any atom is 0.119 e. The molecular formula is C15H24ClNO2. The van der Waals surface area contributed by atoms with Gasteiger partial charge in [0.2, 0.25) is 0 Å². The minimum atomic E-state index is -0.600. The van der Waals surface area contributed by atoms with Gasteiger partial charge in [0.25, 0.3) is 0 Å². The Bertz CT molecular complexity index is 350. The summed E-state index contributed by atoms with van der Waals surface area (Å²) in [6.07, 6.45) is 4.85. The SMILES string of the molecule is Cl.NC[C@]1(O)CC[C@H](CCOc2ccccc2)CC1. The molecule has 1 saturated carbocycles. The maximum absolute atomic E-state index is 10.0. The zero-order valence-corrected chi connectivity index (χ0v) is 12.1. The molecule has 1 aliphatic carbocycles. The lowest BCUT2D eigenvalue weighted by Gasteiger charge is -2.35. The number of ether oxygens (including phenoxy) is 1. The third-order valence-corrected chi connectivity index (χ3v) is 3.95. The van der Waals surface area contributed by atoms with E-state index in [0.717, 1.165) is 44.5 Å². The molecule has 0 amide bonds. The van der Waals surface area contributed by atoms with Crippen LogP contribution in [0.2, 0.25) is 0 Å². The van der Waals surface area contributed by atoms with Crippen LogP contribution >= 0.6 is 12.4 Å². The van der Waals surface area contributed by atoms with Crippen molar-refractivity contribution in [1.82, 2.24) is 0 Å². The van der Waals surface area contributed by atoms with Crippen LogP contribution in [0, 0.1) is 5.92 Å². The fourth-order valence-electron chi connectivity index (χ4n) is 2.57. The van der Waals surface area contributed by atoms with E-state index in [1.807, 2.05) is 30.3 Å². The third-order valence-electron chi connectivity index (χ3n) is 3.95. The standard InChI is InChI=1S/C15H23NO2.ClH/c16-12-15(17)9-6-13(7-10-15)8-11-18-14-4-2-1-3-5-14;/h1-5,13,17H,6-12,16H2;1H/t13-,15-;. The van der Waals surface area contributed by atoms with Gasteiger partial charge in [-0.05, 0) is 50.2 Å². The van der Waals surface area contributed by atoms with Crippen molar-refractivity contribution in [3.63, 3.8) is 0 Å². The Kier molecular flexibility index (Phi) is 6.63. The first-order chi connectivity index (χ1) is 8.72. The van der Waals surface area contributed by atoms with Crippen molar-refractivity contribution in [2.45, 2.75) is 37.7 Å². The molecule has 0 radical (unpaired) electrons. The Labute approximate surface area is 121 Å². The van der Waals surface area contributed by atoms with Gasteiger partial charge in [0, 0.05) is 6.54 Å². The van der Waals surface area contributed by atoms with Crippen LogP contribution in [0.25, 0.3) is 0 Å². The second kappa shape index (κ2) is 7.73. The Morgan fingerprint density at radius 1 is 1.21 bits per heavy atom. The topological polar surface area (TPSA) is 55.5 Å². The largest absolute Gasteiger partial charge is 0.494 e. The monoisotopic (exact) mass is 285 g/mol. The zero-order chi connectivity index (χ0) is 12.8. The Balaban J connectivity index is 0.00000180. The van der Waals surface area contributed by atoms with Crippen LogP contribution in [0.1, 0.15) is 32.1 Å².